The maximum Gasteiger partial charge on any atom is 0.276 e. The van der Waals surface area contributed by atoms with Gasteiger partial charge in [-0.2, -0.15) is 0 Å². The summed E-state index contributed by atoms with van der Waals surface area (Å²) >= 11 is 0. The second kappa shape index (κ2) is 4.74. The lowest BCUT2D eigenvalue weighted by Crippen LogP contribution is -2.60. The second-order valence-corrected chi connectivity index (χ2v) is 8.06. The molecule has 6 heteroatoms. The summed E-state index contributed by atoms with van der Waals surface area (Å²) < 4.78 is 29.3. The summed E-state index contributed by atoms with van der Waals surface area (Å²) in [6.45, 7) is 4.82. The van der Waals surface area contributed by atoms with Crippen LogP contribution in [0.1, 0.15) is 31.7 Å². The van der Waals surface area contributed by atoms with Crippen molar-refractivity contribution in [1.29, 1.82) is 0 Å². The number of ether oxygens (including phenoxy) is 5. The smallest absolute Gasteiger partial charge is 0.276 e. The van der Waals surface area contributed by atoms with Crippen molar-refractivity contribution in [2.75, 3.05) is 13.6 Å². The third kappa shape index (κ3) is 1.64. The van der Waals surface area contributed by atoms with E-state index in [0.717, 1.165) is 23.5 Å². The SMILES string of the molecule is C[C@H]1[C@@H]2c3cc4c(cc3O[C@@]35OCOC3=CC(=O)[C@@H](C[C@H]1C)[C@@H]25)OCO4. The molecule has 26 heavy (non-hydrogen) atoms. The number of hydrogen-bond donors (Lipinski definition) is 0. The lowest BCUT2D eigenvalue weighted by Gasteiger charge is -2.54. The van der Waals surface area contributed by atoms with E-state index in [9.17, 15) is 4.79 Å². The van der Waals surface area contributed by atoms with Gasteiger partial charge in [0.25, 0.3) is 5.79 Å². The lowest BCUT2D eigenvalue weighted by molar-refractivity contribution is -0.212. The van der Waals surface area contributed by atoms with E-state index in [-0.39, 0.29) is 37.1 Å². The highest BCUT2D eigenvalue weighted by atomic mass is 16.8. The Labute approximate surface area is 151 Å². The van der Waals surface area contributed by atoms with Gasteiger partial charge in [0.2, 0.25) is 6.79 Å². The molecule has 1 aromatic carbocycles. The highest BCUT2D eigenvalue weighted by molar-refractivity contribution is 5.94. The number of benzene rings is 1. The number of hydrogen-bond acceptors (Lipinski definition) is 6. The van der Waals surface area contributed by atoms with Gasteiger partial charge in [0.15, 0.2) is 29.8 Å². The molecular weight excluding hydrogens is 336 g/mol. The third-order valence-corrected chi connectivity index (χ3v) is 6.94. The molecule has 0 N–H and O–H groups in total. The quantitative estimate of drug-likeness (QED) is 0.712. The van der Waals surface area contributed by atoms with Crippen molar-refractivity contribution in [3.8, 4) is 17.2 Å². The Hall–Kier alpha value is -2.21. The summed E-state index contributed by atoms with van der Waals surface area (Å²) in [5, 5.41) is 0. The molecule has 0 amide bonds. The molecule has 6 atom stereocenters. The van der Waals surface area contributed by atoms with Crippen molar-refractivity contribution >= 4 is 5.78 Å². The van der Waals surface area contributed by atoms with Gasteiger partial charge in [-0.3, -0.25) is 9.53 Å². The Kier molecular flexibility index (Phi) is 2.72. The number of rotatable bonds is 0. The van der Waals surface area contributed by atoms with Crippen molar-refractivity contribution in [2.24, 2.45) is 23.7 Å². The van der Waals surface area contributed by atoms with Gasteiger partial charge in [-0.15, -0.1) is 0 Å². The molecule has 1 saturated carbocycles. The van der Waals surface area contributed by atoms with Gasteiger partial charge in [-0.1, -0.05) is 13.8 Å². The van der Waals surface area contributed by atoms with E-state index in [0.29, 0.717) is 23.3 Å². The van der Waals surface area contributed by atoms with Gasteiger partial charge in [-0.05, 0) is 24.3 Å². The predicted octanol–water partition coefficient (Wildman–Crippen LogP) is 2.97. The zero-order valence-corrected chi connectivity index (χ0v) is 14.7. The van der Waals surface area contributed by atoms with Crippen LogP contribution in [0.2, 0.25) is 0 Å². The molecule has 3 aliphatic heterocycles. The molecule has 2 aliphatic carbocycles. The van der Waals surface area contributed by atoms with Gasteiger partial charge in [0, 0.05) is 35.5 Å². The number of allylic oxidation sites excluding steroid dienone is 1. The molecule has 6 rings (SSSR count). The van der Waals surface area contributed by atoms with Crippen LogP contribution in [0.15, 0.2) is 24.0 Å². The van der Waals surface area contributed by atoms with E-state index in [4.69, 9.17) is 23.7 Å². The molecule has 5 aliphatic rings. The van der Waals surface area contributed by atoms with Crippen LogP contribution < -0.4 is 14.2 Å². The normalized spacial score (nSPS) is 41.4. The molecular formula is C20H20O6. The largest absolute Gasteiger partial charge is 0.465 e. The topological polar surface area (TPSA) is 63.2 Å². The fourth-order valence-electron chi connectivity index (χ4n) is 5.55. The van der Waals surface area contributed by atoms with Crippen LogP contribution in [-0.4, -0.2) is 25.2 Å². The fraction of sp³-hybridized carbons (Fsp3) is 0.550. The van der Waals surface area contributed by atoms with Crippen LogP contribution in [0, 0.1) is 23.7 Å². The van der Waals surface area contributed by atoms with Crippen molar-refractivity contribution < 1.29 is 28.5 Å². The molecule has 0 aromatic heterocycles. The van der Waals surface area contributed by atoms with Gasteiger partial charge < -0.3 is 18.9 Å². The Bertz CT molecular complexity index is 860. The van der Waals surface area contributed by atoms with E-state index in [1.807, 2.05) is 12.1 Å². The molecule has 6 nitrogen and oxygen atoms in total. The van der Waals surface area contributed by atoms with Crippen molar-refractivity contribution in [1.82, 2.24) is 0 Å². The minimum absolute atomic E-state index is 0.0865. The summed E-state index contributed by atoms with van der Waals surface area (Å²) in [5.74, 6) is 2.54. The maximum absolute atomic E-state index is 12.8. The molecule has 2 fully saturated rings. The van der Waals surface area contributed by atoms with Gasteiger partial charge in [0.1, 0.15) is 5.75 Å². The van der Waals surface area contributed by atoms with Crippen LogP contribution in [0.4, 0.5) is 0 Å². The highest BCUT2D eigenvalue weighted by Crippen LogP contribution is 2.63. The Balaban J connectivity index is 1.61. The first-order chi connectivity index (χ1) is 12.6. The number of carbonyl (C=O) groups excluding carboxylic acids is 1. The van der Waals surface area contributed by atoms with E-state index in [1.165, 1.54) is 0 Å². The summed E-state index contributed by atoms with van der Waals surface area (Å²) in [5.41, 5.74) is 1.08. The van der Waals surface area contributed by atoms with E-state index in [2.05, 4.69) is 13.8 Å². The average molecular weight is 356 g/mol. The van der Waals surface area contributed by atoms with Crippen LogP contribution in [-0.2, 0) is 14.3 Å². The second-order valence-electron chi connectivity index (χ2n) is 8.06. The van der Waals surface area contributed by atoms with Crippen molar-refractivity contribution in [3.05, 3.63) is 29.5 Å². The fourth-order valence-corrected chi connectivity index (χ4v) is 5.55. The zero-order valence-electron chi connectivity index (χ0n) is 14.7. The average Bonchev–Trinajstić information content (AvgIpc) is 3.23. The number of fused-ring (bicyclic) bond motifs is 3. The summed E-state index contributed by atoms with van der Waals surface area (Å²) in [6, 6.07) is 3.92. The molecule has 0 bridgehead atoms. The van der Waals surface area contributed by atoms with Crippen LogP contribution in [0.5, 0.6) is 17.2 Å². The minimum Gasteiger partial charge on any atom is -0.465 e. The first-order valence-corrected chi connectivity index (χ1v) is 9.24. The van der Waals surface area contributed by atoms with E-state index < -0.39 is 5.79 Å². The molecule has 0 unspecified atom stereocenters. The molecule has 0 radical (unpaired) electrons. The van der Waals surface area contributed by atoms with Crippen LogP contribution in [0.25, 0.3) is 0 Å². The third-order valence-electron chi connectivity index (χ3n) is 6.94. The van der Waals surface area contributed by atoms with Crippen LogP contribution >= 0.6 is 0 Å². The summed E-state index contributed by atoms with van der Waals surface area (Å²) in [6.07, 6.45) is 2.44. The Morgan fingerprint density at radius 1 is 1.04 bits per heavy atom. The van der Waals surface area contributed by atoms with Gasteiger partial charge in [-0.25, -0.2) is 0 Å². The van der Waals surface area contributed by atoms with E-state index >= 15 is 0 Å². The summed E-state index contributed by atoms with van der Waals surface area (Å²) in [4.78, 5) is 12.8. The molecule has 136 valence electrons. The zero-order chi connectivity index (χ0) is 17.6. The van der Waals surface area contributed by atoms with Gasteiger partial charge in [0.05, 0.1) is 0 Å². The summed E-state index contributed by atoms with van der Waals surface area (Å²) in [7, 11) is 0. The minimum atomic E-state index is -1.00. The molecule has 1 aromatic rings. The van der Waals surface area contributed by atoms with Crippen molar-refractivity contribution in [3.63, 3.8) is 0 Å². The van der Waals surface area contributed by atoms with Crippen molar-refractivity contribution in [2.45, 2.75) is 32.0 Å². The lowest BCUT2D eigenvalue weighted by atomic mass is 9.55. The Morgan fingerprint density at radius 3 is 2.69 bits per heavy atom. The monoisotopic (exact) mass is 356 g/mol. The Morgan fingerprint density at radius 2 is 1.85 bits per heavy atom. The molecule has 1 spiro atoms. The maximum atomic E-state index is 12.8. The number of carbonyl (C=O) groups is 1. The molecule has 3 heterocycles. The first kappa shape index (κ1) is 14.9. The highest BCUT2D eigenvalue weighted by Gasteiger charge is 2.66. The standard InChI is InChI=1S/C20H20O6/c1-9-3-11-13(21)5-17-20(25-8-24-17)19(11)18(10(9)2)12-4-15-16(23-7-22-15)6-14(12)26-20/h4-6,9-11,18-19H,3,7-8H2,1-2H3/t9-,10-,11-,18-,19+,20+/m1/s1. The molecule has 1 saturated heterocycles. The predicted molar refractivity (Wildman–Crippen MR) is 88.7 cm³/mol. The van der Waals surface area contributed by atoms with Crippen LogP contribution in [0.3, 0.4) is 0 Å². The van der Waals surface area contributed by atoms with E-state index in [1.54, 1.807) is 6.08 Å². The first-order valence-electron chi connectivity index (χ1n) is 9.24. The number of ketones is 1. The van der Waals surface area contributed by atoms with Gasteiger partial charge >= 0.3 is 0 Å².